The molecule has 0 amide bonds. The molecule has 0 aliphatic carbocycles. The van der Waals surface area contributed by atoms with E-state index in [-0.39, 0.29) is 18.1 Å². The van der Waals surface area contributed by atoms with Crippen molar-refractivity contribution < 1.29 is 19.0 Å². The lowest BCUT2D eigenvalue weighted by atomic mass is 10.0. The molecule has 0 aliphatic rings. The minimum absolute atomic E-state index is 0.167. The lowest BCUT2D eigenvalue weighted by Gasteiger charge is -2.04. The summed E-state index contributed by atoms with van der Waals surface area (Å²) in [5.74, 6) is -0.0822. The second-order valence-corrected chi connectivity index (χ2v) is 3.90. The second kappa shape index (κ2) is 5.49. The summed E-state index contributed by atoms with van der Waals surface area (Å²) in [6, 6.07) is 10.4. The number of hydrogen-bond donors (Lipinski definition) is 0. The number of carbonyl (C=O) groups excluding carboxylic acids is 1. The third kappa shape index (κ3) is 2.77. The quantitative estimate of drug-likeness (QED) is 0.779. The Bertz CT molecular complexity index is 566. The zero-order valence-electron chi connectivity index (χ0n) is 9.98. The van der Waals surface area contributed by atoms with E-state index >= 15 is 0 Å². The highest BCUT2D eigenvalue weighted by atomic mass is 19.3. The molecule has 0 spiro atoms. The first-order valence-corrected chi connectivity index (χ1v) is 5.70. The highest BCUT2D eigenvalue weighted by molar-refractivity contribution is 5.85. The lowest BCUT2D eigenvalue weighted by molar-refractivity contribution is -0.142. The molecule has 2 aromatic carbocycles. The van der Waals surface area contributed by atoms with Crippen molar-refractivity contribution in [3.63, 3.8) is 0 Å². The van der Waals surface area contributed by atoms with Crippen LogP contribution in [0.2, 0.25) is 0 Å². The second-order valence-electron chi connectivity index (χ2n) is 3.90. The minimum atomic E-state index is -0.249. The molecule has 0 bridgehead atoms. The molecule has 0 unspecified atom stereocenters. The smallest absolute Gasteiger partial charge is 0.310 e. The van der Waals surface area contributed by atoms with Crippen molar-refractivity contribution >= 4 is 16.7 Å². The number of ether oxygens (including phenoxy) is 1. The van der Waals surface area contributed by atoms with Crippen molar-refractivity contribution in [2.24, 2.45) is 0 Å². The number of benzene rings is 2. The van der Waals surface area contributed by atoms with Gasteiger partial charge in [-0.15, -0.1) is 0 Å². The summed E-state index contributed by atoms with van der Waals surface area (Å²) in [4.78, 5) is 15.0. The SMILES string of the molecule is CCOC(=O)Cc1ccc2cc(OF)ccc2c1. The zero-order valence-corrected chi connectivity index (χ0v) is 9.98. The van der Waals surface area contributed by atoms with E-state index in [0.717, 1.165) is 16.3 Å². The van der Waals surface area contributed by atoms with Gasteiger partial charge < -0.3 is 4.74 Å². The molecule has 94 valence electrons. The molecule has 18 heavy (non-hydrogen) atoms. The molecule has 0 aliphatic heterocycles. The van der Waals surface area contributed by atoms with Crippen molar-refractivity contribution in [2.45, 2.75) is 13.3 Å². The molecule has 0 N–H and O–H groups in total. The van der Waals surface area contributed by atoms with E-state index in [4.69, 9.17) is 4.74 Å². The molecule has 0 atom stereocenters. The van der Waals surface area contributed by atoms with E-state index in [2.05, 4.69) is 4.94 Å². The Hall–Kier alpha value is -2.10. The van der Waals surface area contributed by atoms with Crippen molar-refractivity contribution in [3.05, 3.63) is 42.0 Å². The molecule has 0 radical (unpaired) electrons. The lowest BCUT2D eigenvalue weighted by Crippen LogP contribution is -2.07. The van der Waals surface area contributed by atoms with Crippen molar-refractivity contribution in [2.75, 3.05) is 6.61 Å². The van der Waals surface area contributed by atoms with Gasteiger partial charge in [0.2, 0.25) is 0 Å². The number of hydrogen-bond acceptors (Lipinski definition) is 3. The van der Waals surface area contributed by atoms with E-state index in [0.29, 0.717) is 6.61 Å². The third-order valence-corrected chi connectivity index (χ3v) is 2.62. The van der Waals surface area contributed by atoms with Crippen LogP contribution in [0.1, 0.15) is 12.5 Å². The number of carbonyl (C=O) groups is 1. The van der Waals surface area contributed by atoms with Crippen LogP contribution in [0.5, 0.6) is 5.75 Å². The molecular formula is C14H13FO3. The van der Waals surface area contributed by atoms with Crippen LogP contribution in [0.15, 0.2) is 36.4 Å². The van der Waals surface area contributed by atoms with E-state index < -0.39 is 0 Å². The van der Waals surface area contributed by atoms with Crippen LogP contribution in [-0.4, -0.2) is 12.6 Å². The first-order valence-electron chi connectivity index (χ1n) is 5.70. The molecule has 4 heteroatoms. The summed E-state index contributed by atoms with van der Waals surface area (Å²) < 4.78 is 16.9. The van der Waals surface area contributed by atoms with E-state index in [1.807, 2.05) is 18.2 Å². The monoisotopic (exact) mass is 248 g/mol. The van der Waals surface area contributed by atoms with Crippen molar-refractivity contribution in [1.82, 2.24) is 0 Å². The van der Waals surface area contributed by atoms with Gasteiger partial charge in [0.05, 0.1) is 13.0 Å². The maximum Gasteiger partial charge on any atom is 0.310 e. The molecule has 3 nitrogen and oxygen atoms in total. The first-order chi connectivity index (χ1) is 8.72. The summed E-state index contributed by atoms with van der Waals surface area (Å²) in [5.41, 5.74) is 0.870. The van der Waals surface area contributed by atoms with E-state index in [1.165, 1.54) is 6.07 Å². The summed E-state index contributed by atoms with van der Waals surface area (Å²) >= 11 is 0. The van der Waals surface area contributed by atoms with Crippen LogP contribution >= 0.6 is 0 Å². The van der Waals surface area contributed by atoms with Crippen LogP contribution < -0.4 is 4.94 Å². The molecule has 2 aromatic rings. The van der Waals surface area contributed by atoms with Gasteiger partial charge >= 0.3 is 5.97 Å². The molecule has 0 fully saturated rings. The number of esters is 1. The van der Waals surface area contributed by atoms with Gasteiger partial charge in [0.25, 0.3) is 0 Å². The summed E-state index contributed by atoms with van der Waals surface area (Å²) in [6.45, 7) is 2.15. The maximum absolute atomic E-state index is 12.0. The van der Waals surface area contributed by atoms with Gasteiger partial charge in [0.1, 0.15) is 0 Å². The van der Waals surface area contributed by atoms with Crippen LogP contribution in [0.4, 0.5) is 4.53 Å². The summed E-state index contributed by atoms with van der Waals surface area (Å²) in [6.07, 6.45) is 0.241. The third-order valence-electron chi connectivity index (χ3n) is 2.62. The molecule has 2 rings (SSSR count). The van der Waals surface area contributed by atoms with E-state index in [9.17, 15) is 9.32 Å². The summed E-state index contributed by atoms with van der Waals surface area (Å²) in [7, 11) is 0. The zero-order chi connectivity index (χ0) is 13.0. The maximum atomic E-state index is 12.0. The molecular weight excluding hydrogens is 235 g/mol. The van der Waals surface area contributed by atoms with Crippen LogP contribution in [0.3, 0.4) is 0 Å². The normalized spacial score (nSPS) is 10.3. The molecule has 0 saturated heterocycles. The molecule has 0 heterocycles. The fraction of sp³-hybridized carbons (Fsp3) is 0.214. The van der Waals surface area contributed by atoms with Crippen LogP contribution in [0.25, 0.3) is 10.8 Å². The average molecular weight is 248 g/mol. The standard InChI is InChI=1S/C14H13FO3/c1-2-17-14(16)8-10-3-4-12-9-13(18-15)6-5-11(12)7-10/h3-7,9H,2,8H2,1H3. The van der Waals surface area contributed by atoms with Crippen molar-refractivity contribution in [1.29, 1.82) is 0 Å². The van der Waals surface area contributed by atoms with E-state index in [1.54, 1.807) is 19.1 Å². The van der Waals surface area contributed by atoms with Gasteiger partial charge in [-0.3, -0.25) is 9.74 Å². The largest absolute Gasteiger partial charge is 0.466 e. The van der Waals surface area contributed by atoms with Crippen molar-refractivity contribution in [3.8, 4) is 5.75 Å². The number of halogens is 1. The average Bonchev–Trinajstić information content (AvgIpc) is 2.38. The number of fused-ring (bicyclic) bond motifs is 1. The van der Waals surface area contributed by atoms with Crippen LogP contribution in [0, 0.1) is 0 Å². The first kappa shape index (κ1) is 12.4. The predicted octanol–water partition coefficient (Wildman–Crippen LogP) is 3.21. The van der Waals surface area contributed by atoms with Gasteiger partial charge in [-0.1, -0.05) is 24.3 Å². The predicted molar refractivity (Wildman–Crippen MR) is 66.0 cm³/mol. The Morgan fingerprint density at radius 3 is 2.61 bits per heavy atom. The van der Waals surface area contributed by atoms with Gasteiger partial charge in [-0.25, -0.2) is 0 Å². The molecule has 0 saturated carbocycles. The Kier molecular flexibility index (Phi) is 3.77. The Morgan fingerprint density at radius 1 is 1.17 bits per heavy atom. The fourth-order valence-corrected chi connectivity index (χ4v) is 1.81. The molecule has 0 aromatic heterocycles. The van der Waals surface area contributed by atoms with Gasteiger partial charge in [0, 0.05) is 4.53 Å². The highest BCUT2D eigenvalue weighted by Crippen LogP contribution is 2.22. The minimum Gasteiger partial charge on any atom is -0.466 e. The van der Waals surface area contributed by atoms with Gasteiger partial charge in [-0.05, 0) is 35.4 Å². The van der Waals surface area contributed by atoms with Gasteiger partial charge in [0.15, 0.2) is 5.75 Å². The van der Waals surface area contributed by atoms with Gasteiger partial charge in [-0.2, -0.15) is 0 Å². The topological polar surface area (TPSA) is 35.5 Å². The highest BCUT2D eigenvalue weighted by Gasteiger charge is 2.05. The summed E-state index contributed by atoms with van der Waals surface area (Å²) in [5, 5.41) is 1.79. The van der Waals surface area contributed by atoms with Crippen LogP contribution in [-0.2, 0) is 16.0 Å². The number of rotatable bonds is 4. The Labute approximate surface area is 104 Å². The fourth-order valence-electron chi connectivity index (χ4n) is 1.81. The Morgan fingerprint density at radius 2 is 1.89 bits per heavy atom. The Balaban J connectivity index is 2.25.